The smallest absolute Gasteiger partial charge is 0.309 e. The average Bonchev–Trinajstić information content (AvgIpc) is 2.67. The summed E-state index contributed by atoms with van der Waals surface area (Å²) in [5.74, 6) is -0.562. The van der Waals surface area contributed by atoms with Crippen molar-refractivity contribution in [3.05, 3.63) is 23.8 Å². The van der Waals surface area contributed by atoms with Crippen LogP contribution in [0.2, 0.25) is 0 Å². The Morgan fingerprint density at radius 2 is 1.93 bits per heavy atom. The predicted molar refractivity (Wildman–Crippen MR) is 103 cm³/mol. The minimum atomic E-state index is -3.94. The van der Waals surface area contributed by atoms with Crippen molar-refractivity contribution in [2.45, 2.75) is 44.6 Å². The number of methoxy groups -OCH3 is 1. The van der Waals surface area contributed by atoms with Crippen LogP contribution in [-0.4, -0.2) is 58.0 Å². The highest BCUT2D eigenvalue weighted by atomic mass is 32.2. The van der Waals surface area contributed by atoms with Crippen LogP contribution in [0, 0.1) is 12.8 Å². The second kappa shape index (κ2) is 9.38. The number of amides is 1. The van der Waals surface area contributed by atoms with Crippen LogP contribution >= 0.6 is 0 Å². The summed E-state index contributed by atoms with van der Waals surface area (Å²) >= 11 is 0. The first-order chi connectivity index (χ1) is 13.2. The van der Waals surface area contributed by atoms with Crippen LogP contribution in [0.5, 0.6) is 5.75 Å². The molecule has 1 aromatic rings. The van der Waals surface area contributed by atoms with E-state index < -0.39 is 16.1 Å². The second-order valence-corrected chi connectivity index (χ2v) is 8.53. The van der Waals surface area contributed by atoms with Crippen LogP contribution in [0.1, 0.15) is 32.3 Å². The Balaban J connectivity index is 2.03. The number of nitrogens with one attached hydrogen (secondary N) is 1. The SMILES string of the molecule is CCOC(=O)C1CCN(C(=O)[C@H](C)NS(=O)(=O)c2cc(C)ccc2OC)CC1. The lowest BCUT2D eigenvalue weighted by Crippen LogP contribution is -2.50. The van der Waals surface area contributed by atoms with Gasteiger partial charge in [0.1, 0.15) is 10.6 Å². The molecule has 1 aliphatic heterocycles. The molecule has 8 nitrogen and oxygen atoms in total. The van der Waals surface area contributed by atoms with Crippen LogP contribution in [0.25, 0.3) is 0 Å². The van der Waals surface area contributed by atoms with Gasteiger partial charge in [-0.05, 0) is 51.3 Å². The summed E-state index contributed by atoms with van der Waals surface area (Å²) in [6.07, 6.45) is 1.02. The number of carbonyl (C=O) groups is 2. The fourth-order valence-electron chi connectivity index (χ4n) is 3.21. The van der Waals surface area contributed by atoms with E-state index in [0.717, 1.165) is 5.56 Å². The number of ether oxygens (including phenoxy) is 2. The molecule has 0 bridgehead atoms. The van der Waals surface area contributed by atoms with Crippen LogP contribution in [0.4, 0.5) is 0 Å². The maximum Gasteiger partial charge on any atom is 0.309 e. The summed E-state index contributed by atoms with van der Waals surface area (Å²) in [6.45, 7) is 6.16. The van der Waals surface area contributed by atoms with Gasteiger partial charge in [-0.15, -0.1) is 0 Å². The van der Waals surface area contributed by atoms with E-state index in [2.05, 4.69) is 4.72 Å². The summed E-state index contributed by atoms with van der Waals surface area (Å²) in [4.78, 5) is 26.1. The highest BCUT2D eigenvalue weighted by Crippen LogP contribution is 2.25. The van der Waals surface area contributed by atoms with Gasteiger partial charge in [0.15, 0.2) is 0 Å². The Kier molecular flexibility index (Phi) is 7.42. The maximum absolute atomic E-state index is 12.8. The van der Waals surface area contributed by atoms with Gasteiger partial charge >= 0.3 is 5.97 Å². The molecule has 9 heteroatoms. The summed E-state index contributed by atoms with van der Waals surface area (Å²) in [5.41, 5.74) is 0.765. The molecule has 1 heterocycles. The van der Waals surface area contributed by atoms with Crippen molar-refractivity contribution in [1.29, 1.82) is 0 Å². The molecule has 1 aliphatic rings. The van der Waals surface area contributed by atoms with E-state index in [9.17, 15) is 18.0 Å². The largest absolute Gasteiger partial charge is 0.495 e. The zero-order chi connectivity index (χ0) is 20.9. The Hall–Kier alpha value is -2.13. The van der Waals surface area contributed by atoms with E-state index in [1.54, 1.807) is 30.9 Å². The molecule has 0 aliphatic carbocycles. The molecular weight excluding hydrogens is 384 g/mol. The van der Waals surface area contributed by atoms with Gasteiger partial charge in [0, 0.05) is 13.1 Å². The van der Waals surface area contributed by atoms with Gasteiger partial charge < -0.3 is 14.4 Å². The van der Waals surface area contributed by atoms with Gasteiger partial charge in [-0.3, -0.25) is 9.59 Å². The highest BCUT2D eigenvalue weighted by Gasteiger charge is 2.32. The minimum absolute atomic E-state index is 0.00401. The number of aryl methyl sites for hydroxylation is 1. The number of hydrogen-bond acceptors (Lipinski definition) is 6. The molecule has 0 radical (unpaired) electrons. The molecule has 1 amide bonds. The number of benzene rings is 1. The van der Waals surface area contributed by atoms with Crippen molar-refractivity contribution in [1.82, 2.24) is 9.62 Å². The van der Waals surface area contributed by atoms with Crippen LogP contribution in [0.3, 0.4) is 0 Å². The molecular formula is C19H28N2O6S. The van der Waals surface area contributed by atoms with E-state index in [4.69, 9.17) is 9.47 Å². The number of carbonyl (C=O) groups excluding carboxylic acids is 2. The topological polar surface area (TPSA) is 102 Å². The normalized spacial score (nSPS) is 16.5. The molecule has 1 atom stereocenters. The first kappa shape index (κ1) is 22.2. The van der Waals surface area contributed by atoms with E-state index in [1.807, 2.05) is 0 Å². The summed E-state index contributed by atoms with van der Waals surface area (Å²) in [7, 11) is -2.54. The minimum Gasteiger partial charge on any atom is -0.495 e. The lowest BCUT2D eigenvalue weighted by atomic mass is 9.96. The van der Waals surface area contributed by atoms with E-state index in [0.29, 0.717) is 32.5 Å². The molecule has 1 saturated heterocycles. The number of nitrogens with zero attached hydrogens (tertiary/aromatic N) is 1. The van der Waals surface area contributed by atoms with Crippen molar-refractivity contribution in [3.63, 3.8) is 0 Å². The third kappa shape index (κ3) is 5.23. The Morgan fingerprint density at radius 3 is 2.50 bits per heavy atom. The predicted octanol–water partition coefficient (Wildman–Crippen LogP) is 1.47. The molecule has 1 N–H and O–H groups in total. The molecule has 0 unspecified atom stereocenters. The second-order valence-electron chi connectivity index (χ2n) is 6.85. The quantitative estimate of drug-likeness (QED) is 0.681. The molecule has 0 aromatic heterocycles. The monoisotopic (exact) mass is 412 g/mol. The van der Waals surface area contributed by atoms with Crippen molar-refractivity contribution >= 4 is 21.9 Å². The summed E-state index contributed by atoms with van der Waals surface area (Å²) in [6, 6.07) is 3.90. The van der Waals surface area contributed by atoms with Crippen molar-refractivity contribution in [2.24, 2.45) is 5.92 Å². The Bertz CT molecular complexity index is 816. The van der Waals surface area contributed by atoms with Gasteiger partial charge in [0.2, 0.25) is 15.9 Å². The number of piperidine rings is 1. The molecule has 0 saturated carbocycles. The van der Waals surface area contributed by atoms with Gasteiger partial charge in [-0.1, -0.05) is 6.07 Å². The molecule has 0 spiro atoms. The van der Waals surface area contributed by atoms with Gasteiger partial charge in [0.25, 0.3) is 0 Å². The number of sulfonamides is 1. The van der Waals surface area contributed by atoms with Crippen molar-refractivity contribution in [3.8, 4) is 5.75 Å². The third-order valence-corrected chi connectivity index (χ3v) is 6.30. The van der Waals surface area contributed by atoms with E-state index in [-0.39, 0.29) is 28.4 Å². The zero-order valence-corrected chi connectivity index (χ0v) is 17.5. The average molecular weight is 413 g/mol. The first-order valence-electron chi connectivity index (χ1n) is 9.32. The lowest BCUT2D eigenvalue weighted by molar-refractivity contribution is -0.151. The summed E-state index contributed by atoms with van der Waals surface area (Å²) < 4.78 is 38.1. The Labute approximate surface area is 166 Å². The summed E-state index contributed by atoms with van der Waals surface area (Å²) in [5, 5.41) is 0. The molecule has 156 valence electrons. The number of rotatable bonds is 7. The van der Waals surface area contributed by atoms with E-state index >= 15 is 0 Å². The standard InChI is InChI=1S/C19H28N2O6S/c1-5-27-19(23)15-8-10-21(11-9-15)18(22)14(3)20-28(24,25)17-12-13(2)6-7-16(17)26-4/h6-7,12,14-15,20H,5,8-11H2,1-4H3/t14-/m0/s1. The van der Waals surface area contributed by atoms with Crippen LogP contribution in [-0.2, 0) is 24.3 Å². The molecule has 2 rings (SSSR count). The third-order valence-electron chi connectivity index (χ3n) is 4.74. The van der Waals surface area contributed by atoms with Crippen molar-refractivity contribution in [2.75, 3.05) is 26.8 Å². The zero-order valence-electron chi connectivity index (χ0n) is 16.7. The fourth-order valence-corrected chi connectivity index (χ4v) is 4.66. The first-order valence-corrected chi connectivity index (χ1v) is 10.8. The Morgan fingerprint density at radius 1 is 1.29 bits per heavy atom. The number of likely N-dealkylation sites (tertiary alicyclic amines) is 1. The van der Waals surface area contributed by atoms with Crippen LogP contribution in [0.15, 0.2) is 23.1 Å². The lowest BCUT2D eigenvalue weighted by Gasteiger charge is -2.32. The number of hydrogen-bond donors (Lipinski definition) is 1. The van der Waals surface area contributed by atoms with Crippen molar-refractivity contribution < 1.29 is 27.5 Å². The van der Waals surface area contributed by atoms with Gasteiger partial charge in [-0.25, -0.2) is 8.42 Å². The van der Waals surface area contributed by atoms with Gasteiger partial charge in [0.05, 0.1) is 25.7 Å². The maximum atomic E-state index is 12.8. The molecule has 28 heavy (non-hydrogen) atoms. The van der Waals surface area contributed by atoms with E-state index in [1.165, 1.54) is 20.1 Å². The molecule has 1 aromatic carbocycles. The highest BCUT2D eigenvalue weighted by molar-refractivity contribution is 7.89. The van der Waals surface area contributed by atoms with Crippen LogP contribution < -0.4 is 9.46 Å². The number of esters is 1. The molecule has 1 fully saturated rings. The van der Waals surface area contributed by atoms with Gasteiger partial charge in [-0.2, -0.15) is 4.72 Å². The fraction of sp³-hybridized carbons (Fsp3) is 0.579.